The second-order valence-electron chi connectivity index (χ2n) is 6.63. The van der Waals surface area contributed by atoms with Gasteiger partial charge in [-0.2, -0.15) is 0 Å². The third-order valence-electron chi connectivity index (χ3n) is 5.07. The first-order valence-corrected chi connectivity index (χ1v) is 8.79. The lowest BCUT2D eigenvalue weighted by atomic mass is 10.0. The molecular formula is C21H26N2O2. The molecule has 2 aromatic carbocycles. The average molecular weight is 338 g/mol. The van der Waals surface area contributed by atoms with E-state index in [0.717, 1.165) is 31.7 Å². The van der Waals surface area contributed by atoms with E-state index < -0.39 is 0 Å². The molecule has 0 saturated carbocycles. The minimum absolute atomic E-state index is 0.189. The van der Waals surface area contributed by atoms with Crippen LogP contribution >= 0.6 is 0 Å². The molecule has 1 fully saturated rings. The molecule has 2 aromatic rings. The van der Waals surface area contributed by atoms with Crippen molar-refractivity contribution in [1.82, 2.24) is 4.90 Å². The summed E-state index contributed by atoms with van der Waals surface area (Å²) in [7, 11) is 1.46. The normalized spacial score (nSPS) is 16.5. The Labute approximate surface area is 150 Å². The zero-order valence-corrected chi connectivity index (χ0v) is 15.2. The number of hydrogen-bond acceptors (Lipinski definition) is 4. The molecule has 0 amide bonds. The Bertz CT molecular complexity index is 722. The van der Waals surface area contributed by atoms with E-state index in [4.69, 9.17) is 4.74 Å². The monoisotopic (exact) mass is 338 g/mol. The maximum absolute atomic E-state index is 12.4. The van der Waals surface area contributed by atoms with Crippen LogP contribution in [0.5, 0.6) is 0 Å². The number of esters is 1. The second kappa shape index (κ2) is 7.70. The first-order chi connectivity index (χ1) is 12.1. The van der Waals surface area contributed by atoms with E-state index in [2.05, 4.69) is 41.8 Å². The van der Waals surface area contributed by atoms with Crippen molar-refractivity contribution in [3.05, 3.63) is 65.2 Å². The molecule has 25 heavy (non-hydrogen) atoms. The molecule has 3 rings (SSSR count). The fourth-order valence-corrected chi connectivity index (χ4v) is 3.40. The first kappa shape index (κ1) is 17.5. The van der Waals surface area contributed by atoms with Crippen LogP contribution in [-0.2, 0) is 9.53 Å². The number of nitrogens with zero attached hydrogens (tertiary/aromatic N) is 2. The molecule has 0 aromatic heterocycles. The third-order valence-corrected chi connectivity index (χ3v) is 5.07. The molecule has 1 atom stereocenters. The van der Waals surface area contributed by atoms with Gasteiger partial charge in [-0.15, -0.1) is 0 Å². The average Bonchev–Trinajstić information content (AvgIpc) is 2.65. The first-order valence-electron chi connectivity index (χ1n) is 8.79. The van der Waals surface area contributed by atoms with Crippen molar-refractivity contribution in [3.63, 3.8) is 0 Å². The van der Waals surface area contributed by atoms with Crippen LogP contribution in [0.15, 0.2) is 48.5 Å². The van der Waals surface area contributed by atoms with Crippen LogP contribution in [0.4, 0.5) is 5.69 Å². The molecule has 1 unspecified atom stereocenters. The van der Waals surface area contributed by atoms with Crippen molar-refractivity contribution >= 4 is 11.7 Å². The van der Waals surface area contributed by atoms with Gasteiger partial charge in [0.15, 0.2) is 0 Å². The largest absolute Gasteiger partial charge is 0.468 e. The van der Waals surface area contributed by atoms with E-state index >= 15 is 0 Å². The van der Waals surface area contributed by atoms with Crippen LogP contribution < -0.4 is 4.90 Å². The maximum Gasteiger partial charge on any atom is 0.327 e. The van der Waals surface area contributed by atoms with Gasteiger partial charge in [0.1, 0.15) is 6.04 Å². The number of hydrogen-bond donors (Lipinski definition) is 0. The molecule has 0 radical (unpaired) electrons. The minimum Gasteiger partial charge on any atom is -0.468 e. The van der Waals surface area contributed by atoms with Crippen LogP contribution in [0.3, 0.4) is 0 Å². The van der Waals surface area contributed by atoms with E-state index in [1.807, 2.05) is 30.3 Å². The Kier molecular flexibility index (Phi) is 5.39. The maximum atomic E-state index is 12.4. The Balaban J connectivity index is 1.73. The van der Waals surface area contributed by atoms with Crippen molar-refractivity contribution in [2.24, 2.45) is 0 Å². The van der Waals surface area contributed by atoms with Gasteiger partial charge in [0.25, 0.3) is 0 Å². The van der Waals surface area contributed by atoms with Crippen molar-refractivity contribution in [1.29, 1.82) is 0 Å². The number of piperazine rings is 1. The van der Waals surface area contributed by atoms with Crippen LogP contribution in [-0.4, -0.2) is 44.2 Å². The zero-order valence-electron chi connectivity index (χ0n) is 15.2. The van der Waals surface area contributed by atoms with E-state index in [0.29, 0.717) is 0 Å². The summed E-state index contributed by atoms with van der Waals surface area (Å²) in [6.07, 6.45) is 0. The molecular weight excluding hydrogens is 312 g/mol. The van der Waals surface area contributed by atoms with Crippen molar-refractivity contribution in [3.8, 4) is 0 Å². The molecule has 0 N–H and O–H groups in total. The van der Waals surface area contributed by atoms with Crippen LogP contribution in [0.25, 0.3) is 0 Å². The molecule has 1 aliphatic heterocycles. The molecule has 4 heteroatoms. The van der Waals surface area contributed by atoms with E-state index in [9.17, 15) is 4.79 Å². The summed E-state index contributed by atoms with van der Waals surface area (Å²) in [5.41, 5.74) is 4.89. The SMILES string of the molecule is COC(=O)C(c1ccccc1)N1CCN(c2ccc(C)c(C)c2)CC1. The van der Waals surface area contributed by atoms with E-state index in [1.54, 1.807) is 0 Å². The fourth-order valence-electron chi connectivity index (χ4n) is 3.40. The number of carbonyl (C=O) groups is 1. The highest BCUT2D eigenvalue weighted by Gasteiger charge is 2.31. The lowest BCUT2D eigenvalue weighted by Gasteiger charge is -2.39. The summed E-state index contributed by atoms with van der Waals surface area (Å²) in [5.74, 6) is -0.189. The summed E-state index contributed by atoms with van der Waals surface area (Å²) < 4.78 is 5.07. The van der Waals surface area contributed by atoms with Gasteiger partial charge in [-0.1, -0.05) is 36.4 Å². The molecule has 1 heterocycles. The van der Waals surface area contributed by atoms with Crippen molar-refractivity contribution < 1.29 is 9.53 Å². The Hall–Kier alpha value is -2.33. The molecule has 0 aliphatic carbocycles. The van der Waals surface area contributed by atoms with Gasteiger partial charge < -0.3 is 9.64 Å². The standard InChI is InChI=1S/C21H26N2O2/c1-16-9-10-19(15-17(16)2)22-11-13-23(14-12-22)20(21(24)25-3)18-7-5-4-6-8-18/h4-10,15,20H,11-14H2,1-3H3. The predicted octanol–water partition coefficient (Wildman–Crippen LogP) is 3.34. The summed E-state index contributed by atoms with van der Waals surface area (Å²) in [6.45, 7) is 7.77. The van der Waals surface area contributed by atoms with Crippen LogP contribution in [0.2, 0.25) is 0 Å². The highest BCUT2D eigenvalue weighted by Crippen LogP contribution is 2.26. The van der Waals surface area contributed by atoms with Gasteiger partial charge in [0, 0.05) is 31.9 Å². The zero-order chi connectivity index (χ0) is 17.8. The summed E-state index contributed by atoms with van der Waals surface area (Å²) >= 11 is 0. The number of carbonyl (C=O) groups excluding carboxylic acids is 1. The summed E-state index contributed by atoms with van der Waals surface area (Å²) in [6, 6.07) is 16.2. The number of rotatable bonds is 4. The number of benzene rings is 2. The van der Waals surface area contributed by atoms with Gasteiger partial charge in [0.05, 0.1) is 7.11 Å². The smallest absolute Gasteiger partial charge is 0.327 e. The quantitative estimate of drug-likeness (QED) is 0.801. The van der Waals surface area contributed by atoms with Gasteiger partial charge >= 0.3 is 5.97 Å². The fraction of sp³-hybridized carbons (Fsp3) is 0.381. The van der Waals surface area contributed by atoms with E-state index in [-0.39, 0.29) is 12.0 Å². The highest BCUT2D eigenvalue weighted by atomic mass is 16.5. The molecule has 1 saturated heterocycles. The third kappa shape index (κ3) is 3.85. The Morgan fingerprint density at radius 2 is 1.64 bits per heavy atom. The van der Waals surface area contributed by atoms with Crippen molar-refractivity contribution in [2.75, 3.05) is 38.2 Å². The predicted molar refractivity (Wildman–Crippen MR) is 101 cm³/mol. The van der Waals surface area contributed by atoms with Gasteiger partial charge in [-0.3, -0.25) is 4.90 Å². The van der Waals surface area contributed by atoms with Crippen molar-refractivity contribution in [2.45, 2.75) is 19.9 Å². The summed E-state index contributed by atoms with van der Waals surface area (Å²) in [4.78, 5) is 17.0. The molecule has 0 bridgehead atoms. The highest BCUT2D eigenvalue weighted by molar-refractivity contribution is 5.77. The molecule has 132 valence electrons. The minimum atomic E-state index is -0.326. The number of aryl methyl sites for hydroxylation is 2. The molecule has 4 nitrogen and oxygen atoms in total. The second-order valence-corrected chi connectivity index (χ2v) is 6.63. The van der Waals surface area contributed by atoms with Crippen LogP contribution in [0.1, 0.15) is 22.7 Å². The number of methoxy groups -OCH3 is 1. The lowest BCUT2D eigenvalue weighted by molar-refractivity contribution is -0.147. The summed E-state index contributed by atoms with van der Waals surface area (Å²) in [5, 5.41) is 0. The Morgan fingerprint density at radius 1 is 0.960 bits per heavy atom. The van der Waals surface area contributed by atoms with Crippen LogP contribution in [0, 0.1) is 13.8 Å². The molecule has 1 aliphatic rings. The van der Waals surface area contributed by atoms with Gasteiger partial charge in [-0.05, 0) is 42.7 Å². The lowest BCUT2D eigenvalue weighted by Crippen LogP contribution is -2.49. The van der Waals surface area contributed by atoms with Gasteiger partial charge in [0.2, 0.25) is 0 Å². The van der Waals surface area contributed by atoms with E-state index in [1.165, 1.54) is 23.9 Å². The number of ether oxygens (including phenoxy) is 1. The molecule has 0 spiro atoms. The number of anilines is 1. The Morgan fingerprint density at radius 3 is 2.24 bits per heavy atom. The topological polar surface area (TPSA) is 32.8 Å². The van der Waals surface area contributed by atoms with Gasteiger partial charge in [-0.25, -0.2) is 4.79 Å².